The molecule has 30 heavy (non-hydrogen) atoms. The lowest BCUT2D eigenvalue weighted by atomic mass is 9.80. The van der Waals surface area contributed by atoms with E-state index in [1.807, 2.05) is 13.0 Å². The summed E-state index contributed by atoms with van der Waals surface area (Å²) in [6.07, 6.45) is 3.67. The van der Waals surface area contributed by atoms with Crippen LogP contribution in [-0.2, 0) is 15.9 Å². The van der Waals surface area contributed by atoms with Crippen LogP contribution in [-0.4, -0.2) is 34.3 Å². The van der Waals surface area contributed by atoms with Crippen molar-refractivity contribution in [3.63, 3.8) is 0 Å². The van der Waals surface area contributed by atoms with Gasteiger partial charge in [0.15, 0.2) is 0 Å². The molecule has 1 aliphatic rings. The maximum atomic E-state index is 12.2. The Morgan fingerprint density at radius 1 is 0.933 bits per heavy atom. The highest BCUT2D eigenvalue weighted by atomic mass is 19.4. The standard InChI is InChI=1S/C15H19F3O.C4H10.C3H8O.C2H6O/c1-11-5-7-12(8-6-11)9-13-3-2-4-14(10-13)19-15(16,17)18;2*1-3-4-2;1-3-2/h2-4,10-12H,5-9H2,1H3;3-4H2,1-2H3;3H2,1-2H3;1-2H3. The number of hydrogen-bond donors (Lipinski definition) is 0. The molecule has 0 amide bonds. The number of alkyl halides is 3. The van der Waals surface area contributed by atoms with E-state index in [2.05, 4.69) is 35.0 Å². The molecule has 0 aromatic heterocycles. The summed E-state index contributed by atoms with van der Waals surface area (Å²) in [4.78, 5) is 0. The number of unbranched alkanes of at least 4 members (excludes halogenated alkanes) is 1. The molecular weight excluding hydrogens is 393 g/mol. The zero-order valence-electron chi connectivity index (χ0n) is 20.0. The monoisotopic (exact) mass is 436 g/mol. The van der Waals surface area contributed by atoms with E-state index in [1.54, 1.807) is 27.4 Å². The van der Waals surface area contributed by atoms with E-state index in [-0.39, 0.29) is 5.75 Å². The first-order valence-electron chi connectivity index (χ1n) is 10.9. The molecule has 1 aliphatic carbocycles. The third kappa shape index (κ3) is 20.0. The van der Waals surface area contributed by atoms with Gasteiger partial charge in [0.25, 0.3) is 0 Å². The molecule has 1 saturated carbocycles. The van der Waals surface area contributed by atoms with Crippen molar-refractivity contribution in [3.8, 4) is 5.75 Å². The van der Waals surface area contributed by atoms with Gasteiger partial charge in [0, 0.05) is 27.9 Å². The van der Waals surface area contributed by atoms with E-state index in [1.165, 1.54) is 50.7 Å². The Hall–Kier alpha value is -1.27. The fourth-order valence-electron chi connectivity index (χ4n) is 2.74. The Balaban J connectivity index is 0. The molecule has 0 bridgehead atoms. The van der Waals surface area contributed by atoms with Crippen molar-refractivity contribution in [1.82, 2.24) is 0 Å². The molecule has 0 radical (unpaired) electrons. The topological polar surface area (TPSA) is 27.7 Å². The van der Waals surface area contributed by atoms with Crippen LogP contribution in [0.1, 0.15) is 71.8 Å². The minimum Gasteiger partial charge on any atom is -0.406 e. The maximum Gasteiger partial charge on any atom is 0.573 e. The summed E-state index contributed by atoms with van der Waals surface area (Å²) in [5.41, 5.74) is 0.932. The van der Waals surface area contributed by atoms with Gasteiger partial charge < -0.3 is 14.2 Å². The molecule has 1 aromatic rings. The first kappa shape index (κ1) is 30.9. The molecule has 3 nitrogen and oxygen atoms in total. The Bertz CT molecular complexity index is 477. The van der Waals surface area contributed by atoms with Crippen LogP contribution < -0.4 is 4.74 Å². The molecular formula is C24H43F3O3. The summed E-state index contributed by atoms with van der Waals surface area (Å²) in [5.74, 6) is 1.27. The van der Waals surface area contributed by atoms with Crippen molar-refractivity contribution >= 4 is 0 Å². The Morgan fingerprint density at radius 2 is 1.43 bits per heavy atom. The number of methoxy groups -OCH3 is 2. The minimum atomic E-state index is -4.61. The van der Waals surface area contributed by atoms with Gasteiger partial charge in [-0.15, -0.1) is 13.2 Å². The second-order valence-corrected chi connectivity index (χ2v) is 7.51. The minimum absolute atomic E-state index is 0.117. The van der Waals surface area contributed by atoms with Crippen LogP contribution in [0.25, 0.3) is 0 Å². The van der Waals surface area contributed by atoms with Gasteiger partial charge in [-0.25, -0.2) is 0 Å². The second kappa shape index (κ2) is 19.7. The van der Waals surface area contributed by atoms with Gasteiger partial charge in [0.2, 0.25) is 0 Å². The summed E-state index contributed by atoms with van der Waals surface area (Å²) in [5, 5.41) is 0. The Kier molecular flexibility index (Phi) is 20.3. The van der Waals surface area contributed by atoms with Crippen LogP contribution in [0.2, 0.25) is 0 Å². The molecule has 0 unspecified atom stereocenters. The molecule has 0 saturated heterocycles. The third-order valence-electron chi connectivity index (χ3n) is 4.58. The van der Waals surface area contributed by atoms with Gasteiger partial charge in [-0.05, 0) is 55.7 Å². The van der Waals surface area contributed by atoms with E-state index in [0.29, 0.717) is 5.92 Å². The van der Waals surface area contributed by atoms with Gasteiger partial charge >= 0.3 is 6.36 Å². The van der Waals surface area contributed by atoms with Gasteiger partial charge in [-0.1, -0.05) is 58.6 Å². The summed E-state index contributed by atoms with van der Waals surface area (Å²) in [6.45, 7) is 9.40. The lowest BCUT2D eigenvalue weighted by Crippen LogP contribution is -2.17. The predicted octanol–water partition coefficient (Wildman–Crippen LogP) is 7.68. The van der Waals surface area contributed by atoms with Crippen LogP contribution in [0.5, 0.6) is 5.75 Å². The van der Waals surface area contributed by atoms with Gasteiger partial charge in [0.1, 0.15) is 5.75 Å². The average molecular weight is 437 g/mol. The maximum absolute atomic E-state index is 12.2. The largest absolute Gasteiger partial charge is 0.573 e. The van der Waals surface area contributed by atoms with Gasteiger partial charge in [-0.3, -0.25) is 0 Å². The lowest BCUT2D eigenvalue weighted by molar-refractivity contribution is -0.274. The van der Waals surface area contributed by atoms with Crippen molar-refractivity contribution in [1.29, 1.82) is 0 Å². The van der Waals surface area contributed by atoms with Crippen molar-refractivity contribution in [2.24, 2.45) is 11.8 Å². The number of ether oxygens (including phenoxy) is 3. The van der Waals surface area contributed by atoms with Crippen LogP contribution in [0.3, 0.4) is 0 Å². The number of benzene rings is 1. The normalized spacial score (nSPS) is 17.9. The summed E-state index contributed by atoms with van der Waals surface area (Å²) >= 11 is 0. The zero-order chi connectivity index (χ0) is 23.4. The highest BCUT2D eigenvalue weighted by Crippen LogP contribution is 2.31. The van der Waals surface area contributed by atoms with Crippen LogP contribution in [0.15, 0.2) is 24.3 Å². The number of halogens is 3. The van der Waals surface area contributed by atoms with E-state index in [4.69, 9.17) is 0 Å². The molecule has 0 atom stereocenters. The SMILES string of the molecule is CC1CCC(Cc2cccc(OC(F)(F)F)c2)CC1.CCCC.CCOC.COC. The predicted molar refractivity (Wildman–Crippen MR) is 119 cm³/mol. The molecule has 1 fully saturated rings. The fraction of sp³-hybridized carbons (Fsp3) is 0.750. The van der Waals surface area contributed by atoms with Crippen LogP contribution in [0.4, 0.5) is 13.2 Å². The molecule has 0 heterocycles. The Morgan fingerprint density at radius 3 is 1.83 bits per heavy atom. The molecule has 178 valence electrons. The van der Waals surface area contributed by atoms with Crippen molar-refractivity contribution in [3.05, 3.63) is 29.8 Å². The van der Waals surface area contributed by atoms with E-state index in [9.17, 15) is 13.2 Å². The van der Waals surface area contributed by atoms with E-state index >= 15 is 0 Å². The zero-order valence-corrected chi connectivity index (χ0v) is 20.0. The first-order valence-corrected chi connectivity index (χ1v) is 10.9. The molecule has 1 aromatic carbocycles. The quantitative estimate of drug-likeness (QED) is 0.474. The Labute approximate surface area is 182 Å². The smallest absolute Gasteiger partial charge is 0.406 e. The lowest BCUT2D eigenvalue weighted by Gasteiger charge is -2.26. The van der Waals surface area contributed by atoms with Crippen molar-refractivity contribution in [2.75, 3.05) is 27.9 Å². The van der Waals surface area contributed by atoms with Gasteiger partial charge in [0.05, 0.1) is 0 Å². The van der Waals surface area contributed by atoms with Crippen LogP contribution >= 0.6 is 0 Å². The molecule has 2 rings (SSSR count). The van der Waals surface area contributed by atoms with Crippen molar-refractivity contribution < 1.29 is 27.4 Å². The highest BCUT2D eigenvalue weighted by molar-refractivity contribution is 5.29. The highest BCUT2D eigenvalue weighted by Gasteiger charge is 2.31. The fourth-order valence-corrected chi connectivity index (χ4v) is 2.74. The molecule has 0 spiro atoms. The molecule has 6 heteroatoms. The summed E-state index contributed by atoms with van der Waals surface area (Å²) < 4.78 is 49.2. The first-order chi connectivity index (χ1) is 14.2. The van der Waals surface area contributed by atoms with Crippen molar-refractivity contribution in [2.45, 2.75) is 79.0 Å². The average Bonchev–Trinajstić information content (AvgIpc) is 2.70. The molecule has 0 aliphatic heterocycles. The second-order valence-electron chi connectivity index (χ2n) is 7.51. The summed E-state index contributed by atoms with van der Waals surface area (Å²) in [6, 6.07) is 6.36. The summed E-state index contributed by atoms with van der Waals surface area (Å²) in [7, 11) is 4.93. The third-order valence-corrected chi connectivity index (χ3v) is 4.58. The molecule has 0 N–H and O–H groups in total. The van der Waals surface area contributed by atoms with Gasteiger partial charge in [-0.2, -0.15) is 0 Å². The number of rotatable bonds is 5. The van der Waals surface area contributed by atoms with Crippen LogP contribution in [0, 0.1) is 11.8 Å². The van der Waals surface area contributed by atoms with E-state index < -0.39 is 6.36 Å². The van der Waals surface area contributed by atoms with E-state index in [0.717, 1.165) is 24.5 Å². The number of hydrogen-bond acceptors (Lipinski definition) is 3.